The fraction of sp³-hybridized carbons (Fsp3) is 0.600. The molecule has 36 heavy (non-hydrogen) atoms. The first-order chi connectivity index (χ1) is 17.5. The average molecular weight is 501 g/mol. The van der Waals surface area contributed by atoms with E-state index in [1.165, 1.54) is 38.5 Å². The molecule has 0 unspecified atom stereocenters. The second-order valence-corrected chi connectivity index (χ2v) is 9.39. The van der Waals surface area contributed by atoms with Crippen molar-refractivity contribution in [1.29, 1.82) is 0 Å². The van der Waals surface area contributed by atoms with Crippen LogP contribution < -0.4 is 9.47 Å². The van der Waals surface area contributed by atoms with Crippen molar-refractivity contribution in [3.63, 3.8) is 0 Å². The summed E-state index contributed by atoms with van der Waals surface area (Å²) in [5, 5.41) is 1.35. The molecule has 0 atom stereocenters. The summed E-state index contributed by atoms with van der Waals surface area (Å²) in [4.78, 5) is 24.8. The molecule has 0 bridgehead atoms. The van der Waals surface area contributed by atoms with Gasteiger partial charge in [-0.15, -0.1) is 0 Å². The van der Waals surface area contributed by atoms with Crippen molar-refractivity contribution in [1.82, 2.24) is 0 Å². The van der Waals surface area contributed by atoms with Crippen LogP contribution in [0.5, 0.6) is 11.5 Å². The monoisotopic (exact) mass is 500 g/mol. The Kier molecular flexibility index (Phi) is 13.8. The first-order valence-electron chi connectivity index (χ1n) is 13.7. The molecule has 0 heterocycles. The van der Waals surface area contributed by atoms with Gasteiger partial charge in [0.05, 0.1) is 13.2 Å². The summed E-state index contributed by atoms with van der Waals surface area (Å²) < 4.78 is 21.9. The van der Waals surface area contributed by atoms with Crippen LogP contribution in [0.3, 0.4) is 0 Å². The number of carbonyl (C=O) groups excluding carboxylic acids is 2. The molecule has 6 heteroatoms. The SMILES string of the molecule is CCCCCCCCOC(=O)Oc1c(C)c(C)c(OC(=O)OCCCCCCCC)c2ccccc12. The van der Waals surface area contributed by atoms with Gasteiger partial charge in [-0.25, -0.2) is 9.59 Å². The Bertz CT molecular complexity index is 876. The van der Waals surface area contributed by atoms with Gasteiger partial charge in [0.2, 0.25) is 0 Å². The highest BCUT2D eigenvalue weighted by atomic mass is 16.7. The zero-order valence-corrected chi connectivity index (χ0v) is 22.7. The van der Waals surface area contributed by atoms with Crippen LogP contribution in [0.15, 0.2) is 24.3 Å². The number of benzene rings is 2. The van der Waals surface area contributed by atoms with E-state index in [0.29, 0.717) is 46.6 Å². The van der Waals surface area contributed by atoms with Crippen LogP contribution in [0.2, 0.25) is 0 Å². The Morgan fingerprint density at radius 2 is 0.944 bits per heavy atom. The van der Waals surface area contributed by atoms with Gasteiger partial charge in [-0.2, -0.15) is 0 Å². The van der Waals surface area contributed by atoms with Crippen LogP contribution in [0.1, 0.15) is 102 Å². The zero-order valence-electron chi connectivity index (χ0n) is 22.7. The maximum absolute atomic E-state index is 12.4. The van der Waals surface area contributed by atoms with Crippen molar-refractivity contribution in [3.05, 3.63) is 35.4 Å². The topological polar surface area (TPSA) is 71.1 Å². The third-order valence-electron chi connectivity index (χ3n) is 6.47. The Morgan fingerprint density at radius 3 is 1.33 bits per heavy atom. The first-order valence-corrected chi connectivity index (χ1v) is 13.7. The van der Waals surface area contributed by atoms with Crippen molar-refractivity contribution in [2.24, 2.45) is 0 Å². The number of ether oxygens (including phenoxy) is 4. The van der Waals surface area contributed by atoms with Crippen molar-refractivity contribution in [3.8, 4) is 11.5 Å². The molecule has 2 aromatic rings. The normalized spacial score (nSPS) is 10.9. The zero-order chi connectivity index (χ0) is 26.2. The number of fused-ring (bicyclic) bond motifs is 1. The molecule has 2 rings (SSSR count). The molecular weight excluding hydrogens is 456 g/mol. The predicted octanol–water partition coefficient (Wildman–Crippen LogP) is 9.21. The van der Waals surface area contributed by atoms with Crippen LogP contribution >= 0.6 is 0 Å². The molecule has 0 saturated heterocycles. The smallest absolute Gasteiger partial charge is 0.434 e. The van der Waals surface area contributed by atoms with E-state index in [0.717, 1.165) is 38.5 Å². The molecule has 0 aromatic heterocycles. The Balaban J connectivity index is 1.98. The Morgan fingerprint density at radius 1 is 0.583 bits per heavy atom. The molecule has 2 aromatic carbocycles. The van der Waals surface area contributed by atoms with E-state index in [4.69, 9.17) is 18.9 Å². The third-order valence-corrected chi connectivity index (χ3v) is 6.47. The Labute approximate surface area is 216 Å². The van der Waals surface area contributed by atoms with E-state index < -0.39 is 12.3 Å². The van der Waals surface area contributed by atoms with Crippen molar-refractivity contribution < 1.29 is 28.5 Å². The average Bonchev–Trinajstić information content (AvgIpc) is 2.88. The molecule has 0 radical (unpaired) electrons. The molecule has 0 spiro atoms. The van der Waals surface area contributed by atoms with Gasteiger partial charge in [-0.1, -0.05) is 102 Å². The third kappa shape index (κ3) is 9.71. The maximum atomic E-state index is 12.4. The van der Waals surface area contributed by atoms with E-state index in [-0.39, 0.29) is 0 Å². The van der Waals surface area contributed by atoms with Gasteiger partial charge >= 0.3 is 12.3 Å². The van der Waals surface area contributed by atoms with E-state index in [2.05, 4.69) is 13.8 Å². The predicted molar refractivity (Wildman–Crippen MR) is 144 cm³/mol. The summed E-state index contributed by atoms with van der Waals surface area (Å²) >= 11 is 0. The van der Waals surface area contributed by atoms with E-state index in [9.17, 15) is 9.59 Å². The molecule has 0 saturated carbocycles. The minimum Gasteiger partial charge on any atom is -0.434 e. The first kappa shape index (κ1) is 29.5. The van der Waals surface area contributed by atoms with Crippen molar-refractivity contribution >= 4 is 23.1 Å². The van der Waals surface area contributed by atoms with E-state index in [1.807, 2.05) is 38.1 Å². The fourth-order valence-electron chi connectivity index (χ4n) is 4.19. The lowest BCUT2D eigenvalue weighted by molar-refractivity contribution is 0.0954. The highest BCUT2D eigenvalue weighted by molar-refractivity contribution is 5.98. The molecular formula is C30H44O6. The van der Waals surface area contributed by atoms with Crippen LogP contribution in [0, 0.1) is 13.8 Å². The molecule has 0 aliphatic carbocycles. The highest BCUT2D eigenvalue weighted by Crippen LogP contribution is 2.40. The van der Waals surface area contributed by atoms with Crippen molar-refractivity contribution in [2.75, 3.05) is 13.2 Å². The van der Waals surface area contributed by atoms with Gasteiger partial charge in [0.1, 0.15) is 11.5 Å². The quantitative estimate of drug-likeness (QED) is 0.130. The second kappa shape index (κ2) is 16.8. The minimum absolute atomic E-state index is 0.340. The molecule has 200 valence electrons. The number of hydrogen-bond acceptors (Lipinski definition) is 6. The van der Waals surface area contributed by atoms with Crippen LogP contribution in [-0.2, 0) is 9.47 Å². The van der Waals surface area contributed by atoms with E-state index in [1.54, 1.807) is 0 Å². The van der Waals surface area contributed by atoms with Gasteiger partial charge < -0.3 is 18.9 Å². The van der Waals surface area contributed by atoms with Gasteiger partial charge in [-0.05, 0) is 37.8 Å². The van der Waals surface area contributed by atoms with Gasteiger partial charge in [0.25, 0.3) is 0 Å². The van der Waals surface area contributed by atoms with Gasteiger partial charge in [0, 0.05) is 10.8 Å². The van der Waals surface area contributed by atoms with Crippen molar-refractivity contribution in [2.45, 2.75) is 105 Å². The second-order valence-electron chi connectivity index (χ2n) is 9.39. The number of carbonyl (C=O) groups is 2. The lowest BCUT2D eigenvalue weighted by atomic mass is 9.99. The molecule has 0 fully saturated rings. The lowest BCUT2D eigenvalue weighted by Gasteiger charge is -2.17. The summed E-state index contributed by atoms with van der Waals surface area (Å²) in [5.74, 6) is 0.840. The van der Waals surface area contributed by atoms with Gasteiger partial charge in [-0.3, -0.25) is 0 Å². The number of hydrogen-bond donors (Lipinski definition) is 0. The largest absolute Gasteiger partial charge is 0.513 e. The summed E-state index contributed by atoms with van der Waals surface area (Å²) in [6, 6.07) is 7.39. The summed E-state index contributed by atoms with van der Waals surface area (Å²) in [6.45, 7) is 8.74. The summed E-state index contributed by atoms with van der Waals surface area (Å²) in [6.07, 6.45) is 11.9. The Hall–Kier alpha value is -2.76. The molecule has 0 N–H and O–H groups in total. The summed E-state index contributed by atoms with van der Waals surface area (Å²) in [5.41, 5.74) is 1.42. The maximum Gasteiger partial charge on any atom is 0.513 e. The van der Waals surface area contributed by atoms with Crippen LogP contribution in [0.4, 0.5) is 9.59 Å². The van der Waals surface area contributed by atoms with Crippen LogP contribution in [0.25, 0.3) is 10.8 Å². The van der Waals surface area contributed by atoms with Crippen LogP contribution in [-0.4, -0.2) is 25.5 Å². The number of unbranched alkanes of at least 4 members (excludes halogenated alkanes) is 10. The lowest BCUT2D eigenvalue weighted by Crippen LogP contribution is -2.15. The minimum atomic E-state index is -0.719. The molecule has 0 aliphatic rings. The fourth-order valence-corrected chi connectivity index (χ4v) is 4.19. The standard InChI is InChI=1S/C30H44O6/c1-5-7-9-11-13-17-21-33-29(31)35-27-23(3)24(4)28(26-20-16-15-19-25(26)27)36-30(32)34-22-18-14-12-10-8-6-2/h15-16,19-20H,5-14,17-18,21-22H2,1-4H3. The summed E-state index contributed by atoms with van der Waals surface area (Å²) in [7, 11) is 0. The molecule has 0 amide bonds. The van der Waals surface area contributed by atoms with E-state index >= 15 is 0 Å². The molecule has 0 aliphatic heterocycles. The van der Waals surface area contributed by atoms with Gasteiger partial charge in [0.15, 0.2) is 0 Å². The number of rotatable bonds is 16. The highest BCUT2D eigenvalue weighted by Gasteiger charge is 2.21. The molecule has 6 nitrogen and oxygen atoms in total.